The lowest BCUT2D eigenvalue weighted by Gasteiger charge is -2.32. The molecule has 1 aliphatic rings. The van der Waals surface area contributed by atoms with Crippen LogP contribution in [0.4, 0.5) is 19.0 Å². The van der Waals surface area contributed by atoms with Gasteiger partial charge >= 0.3 is 6.18 Å². The van der Waals surface area contributed by atoms with E-state index in [1.54, 1.807) is 6.07 Å². The molecule has 0 amide bonds. The Morgan fingerprint density at radius 3 is 2.74 bits per heavy atom. The molecule has 2 N–H and O–H groups in total. The zero-order valence-electron chi connectivity index (χ0n) is 21.4. The van der Waals surface area contributed by atoms with Crippen LogP contribution in [0.1, 0.15) is 29.0 Å². The summed E-state index contributed by atoms with van der Waals surface area (Å²) in [5, 5.41) is 24.8. The van der Waals surface area contributed by atoms with E-state index in [1.807, 2.05) is 16.7 Å². The van der Waals surface area contributed by atoms with Crippen molar-refractivity contribution in [2.24, 2.45) is 0 Å². The van der Waals surface area contributed by atoms with Crippen molar-refractivity contribution >= 4 is 38.3 Å². The fourth-order valence-electron chi connectivity index (χ4n) is 5.16. The van der Waals surface area contributed by atoms with Crippen LogP contribution in [0, 0.1) is 11.3 Å². The number of fused-ring (bicyclic) bond motifs is 2. The predicted molar refractivity (Wildman–Crippen MR) is 144 cm³/mol. The van der Waals surface area contributed by atoms with Gasteiger partial charge in [-0.25, -0.2) is 9.97 Å². The highest BCUT2D eigenvalue weighted by Crippen LogP contribution is 2.33. The van der Waals surface area contributed by atoms with Gasteiger partial charge in [0.25, 0.3) is 0 Å². The maximum atomic E-state index is 12.8. The Kier molecular flexibility index (Phi) is 8.04. The van der Waals surface area contributed by atoms with E-state index in [0.717, 1.165) is 60.3 Å². The Morgan fingerprint density at radius 1 is 1.23 bits per heavy atom. The molecule has 206 valence electrons. The lowest BCUT2D eigenvalue weighted by Crippen LogP contribution is -2.38. The summed E-state index contributed by atoms with van der Waals surface area (Å²) in [6.07, 6.45) is -2.77. The molecule has 1 saturated heterocycles. The van der Waals surface area contributed by atoms with Gasteiger partial charge < -0.3 is 19.7 Å². The Bertz CT molecular complexity index is 1490. The van der Waals surface area contributed by atoms with Crippen molar-refractivity contribution in [3.63, 3.8) is 0 Å². The van der Waals surface area contributed by atoms with Gasteiger partial charge in [-0.15, -0.1) is 11.3 Å². The fraction of sp³-hybridized carbons (Fsp3) is 0.444. The van der Waals surface area contributed by atoms with Crippen LogP contribution in [0.15, 0.2) is 36.7 Å². The van der Waals surface area contributed by atoms with E-state index in [2.05, 4.69) is 38.4 Å². The third-order valence-corrected chi connectivity index (χ3v) is 7.97. The number of methoxy groups -OCH3 is 1. The number of aliphatic hydroxyl groups excluding tert-OH is 1. The molecule has 39 heavy (non-hydrogen) atoms. The standard InChI is InChI=1S/C27H29F3N6O2S/c1-38-15-21(37)14-36-20(12-31)9-18-8-17(2-3-24(18)36)13-35-6-4-19(5-7-35)34-25-23-10-22(11-27(28,29)30)39-26(23)33-16-32-25/h2-3,8-10,16,19,21,37H,4-7,11,13-15H2,1H3,(H,32,33,34). The normalized spacial score (nSPS) is 16.1. The molecule has 0 saturated carbocycles. The molecule has 0 aliphatic carbocycles. The number of hydrogen-bond donors (Lipinski definition) is 2. The van der Waals surface area contributed by atoms with Crippen molar-refractivity contribution in [1.82, 2.24) is 19.4 Å². The number of nitriles is 1. The fourth-order valence-corrected chi connectivity index (χ4v) is 6.18. The number of aliphatic hydroxyl groups is 1. The second-order valence-electron chi connectivity index (χ2n) is 9.89. The van der Waals surface area contributed by atoms with E-state index in [9.17, 15) is 23.5 Å². The summed E-state index contributed by atoms with van der Waals surface area (Å²) in [6.45, 7) is 2.97. The molecule has 12 heteroatoms. The molecule has 4 heterocycles. The van der Waals surface area contributed by atoms with Gasteiger partial charge in [-0.1, -0.05) is 6.07 Å². The molecule has 1 unspecified atom stereocenters. The highest BCUT2D eigenvalue weighted by molar-refractivity contribution is 7.18. The first-order valence-corrected chi connectivity index (χ1v) is 13.5. The summed E-state index contributed by atoms with van der Waals surface area (Å²) >= 11 is 1.05. The van der Waals surface area contributed by atoms with Crippen molar-refractivity contribution in [3.8, 4) is 6.07 Å². The summed E-state index contributed by atoms with van der Waals surface area (Å²) in [5.74, 6) is 0.585. The van der Waals surface area contributed by atoms with Crippen molar-refractivity contribution in [3.05, 3.63) is 52.8 Å². The molecule has 0 radical (unpaired) electrons. The predicted octanol–water partition coefficient (Wildman–Crippen LogP) is 4.71. The number of aromatic nitrogens is 3. The topological polar surface area (TPSA) is 99.2 Å². The van der Waals surface area contributed by atoms with Crippen LogP contribution in [0.5, 0.6) is 0 Å². The van der Waals surface area contributed by atoms with E-state index in [1.165, 1.54) is 13.4 Å². The summed E-state index contributed by atoms with van der Waals surface area (Å²) < 4.78 is 45.4. The number of ether oxygens (including phenoxy) is 1. The molecule has 1 fully saturated rings. The largest absolute Gasteiger partial charge is 0.393 e. The number of rotatable bonds is 9. The monoisotopic (exact) mass is 558 g/mol. The number of benzene rings is 1. The Morgan fingerprint density at radius 2 is 2.03 bits per heavy atom. The van der Waals surface area contributed by atoms with Crippen molar-refractivity contribution in [2.75, 3.05) is 32.1 Å². The number of likely N-dealkylation sites (tertiary alicyclic amines) is 1. The van der Waals surface area contributed by atoms with E-state index in [-0.39, 0.29) is 24.1 Å². The lowest BCUT2D eigenvalue weighted by atomic mass is 10.0. The number of nitrogens with one attached hydrogen (secondary N) is 1. The average molecular weight is 559 g/mol. The number of piperidine rings is 1. The number of hydrogen-bond acceptors (Lipinski definition) is 8. The van der Waals surface area contributed by atoms with E-state index in [0.29, 0.717) is 21.7 Å². The number of nitrogens with zero attached hydrogens (tertiary/aromatic N) is 5. The number of anilines is 1. The first-order chi connectivity index (χ1) is 18.7. The number of halogens is 3. The third-order valence-electron chi connectivity index (χ3n) is 6.92. The second-order valence-corrected chi connectivity index (χ2v) is 11.0. The summed E-state index contributed by atoms with van der Waals surface area (Å²) in [6, 6.07) is 11.9. The second kappa shape index (κ2) is 11.5. The van der Waals surface area contributed by atoms with Gasteiger partial charge in [0.1, 0.15) is 28.7 Å². The number of thiophene rings is 1. The molecule has 0 spiro atoms. The van der Waals surface area contributed by atoms with Crippen molar-refractivity contribution in [2.45, 2.75) is 50.7 Å². The number of alkyl halides is 3. The van der Waals surface area contributed by atoms with Crippen LogP contribution < -0.4 is 5.32 Å². The minimum Gasteiger partial charge on any atom is -0.389 e. The van der Waals surface area contributed by atoms with Gasteiger partial charge in [0.15, 0.2) is 0 Å². The molecule has 1 atom stereocenters. The molecule has 1 aliphatic heterocycles. The van der Waals surface area contributed by atoms with Crippen LogP contribution in [0.2, 0.25) is 0 Å². The molecular formula is C27H29F3N6O2S. The molecular weight excluding hydrogens is 529 g/mol. The molecule has 0 bridgehead atoms. The van der Waals surface area contributed by atoms with Crippen LogP contribution >= 0.6 is 11.3 Å². The van der Waals surface area contributed by atoms with Crippen molar-refractivity contribution in [1.29, 1.82) is 5.26 Å². The highest BCUT2D eigenvalue weighted by Gasteiger charge is 2.29. The highest BCUT2D eigenvalue weighted by atomic mass is 32.1. The van der Waals surface area contributed by atoms with E-state index < -0.39 is 18.7 Å². The van der Waals surface area contributed by atoms with Crippen LogP contribution in [-0.4, -0.2) is 69.7 Å². The maximum Gasteiger partial charge on any atom is 0.393 e. The lowest BCUT2D eigenvalue weighted by molar-refractivity contribution is -0.126. The van der Waals surface area contributed by atoms with Gasteiger partial charge in [-0.2, -0.15) is 18.4 Å². The molecule has 1 aromatic carbocycles. The Balaban J connectivity index is 1.21. The van der Waals surface area contributed by atoms with Crippen LogP contribution in [-0.2, 0) is 24.2 Å². The van der Waals surface area contributed by atoms with Gasteiger partial charge in [-0.05, 0) is 42.7 Å². The third kappa shape index (κ3) is 6.50. The van der Waals surface area contributed by atoms with Crippen LogP contribution in [0.3, 0.4) is 0 Å². The first-order valence-electron chi connectivity index (χ1n) is 12.7. The summed E-state index contributed by atoms with van der Waals surface area (Å²) in [7, 11) is 1.53. The molecule has 3 aromatic heterocycles. The average Bonchev–Trinajstić information content (AvgIpc) is 3.45. The first kappa shape index (κ1) is 27.3. The minimum absolute atomic E-state index is 0.165. The maximum absolute atomic E-state index is 12.8. The zero-order valence-corrected chi connectivity index (χ0v) is 22.2. The van der Waals surface area contributed by atoms with Gasteiger partial charge in [0.05, 0.1) is 31.1 Å². The van der Waals surface area contributed by atoms with Gasteiger partial charge in [0, 0.05) is 48.6 Å². The quantitative estimate of drug-likeness (QED) is 0.307. The summed E-state index contributed by atoms with van der Waals surface area (Å²) in [4.78, 5) is 11.6. The molecule has 4 aromatic rings. The van der Waals surface area contributed by atoms with Gasteiger partial charge in [-0.3, -0.25) is 4.90 Å². The van der Waals surface area contributed by atoms with E-state index >= 15 is 0 Å². The summed E-state index contributed by atoms with van der Waals surface area (Å²) in [5.41, 5.74) is 2.54. The SMILES string of the molecule is COCC(O)Cn1c(C#N)cc2cc(CN3CCC(Nc4ncnc5sc(CC(F)(F)F)cc45)CC3)ccc21. The molecule has 8 nitrogen and oxygen atoms in total. The minimum atomic E-state index is -4.26. The Hall–Kier alpha value is -3.24. The molecule has 5 rings (SSSR count). The van der Waals surface area contributed by atoms with E-state index in [4.69, 9.17) is 4.74 Å². The van der Waals surface area contributed by atoms with Gasteiger partial charge in [0.2, 0.25) is 0 Å². The van der Waals surface area contributed by atoms with Crippen molar-refractivity contribution < 1.29 is 23.0 Å². The Labute approximate surface area is 227 Å². The smallest absolute Gasteiger partial charge is 0.389 e. The van der Waals surface area contributed by atoms with Crippen LogP contribution in [0.25, 0.3) is 21.1 Å². The zero-order chi connectivity index (χ0) is 27.6.